The van der Waals surface area contributed by atoms with Crippen LogP contribution in [0.5, 0.6) is 0 Å². The van der Waals surface area contributed by atoms with Crippen molar-refractivity contribution in [1.82, 2.24) is 20.3 Å². The smallest absolute Gasteiger partial charge is 0.273 e. The molecule has 0 saturated heterocycles. The molecule has 0 radical (unpaired) electrons. The Labute approximate surface area is 164 Å². The highest BCUT2D eigenvalue weighted by molar-refractivity contribution is 6.30. The molecule has 1 amide bonds. The number of carbonyl (C=O) groups is 1. The molecule has 6 heteroatoms. The van der Waals surface area contributed by atoms with Crippen molar-refractivity contribution in [3.8, 4) is 5.69 Å². The molecular weight excluding hydrogens is 360 g/mol. The van der Waals surface area contributed by atoms with Crippen LogP contribution in [-0.2, 0) is 5.41 Å². The highest BCUT2D eigenvalue weighted by atomic mass is 35.5. The molecule has 0 unspecified atom stereocenters. The first-order chi connectivity index (χ1) is 12.8. The van der Waals surface area contributed by atoms with Gasteiger partial charge < -0.3 is 5.32 Å². The summed E-state index contributed by atoms with van der Waals surface area (Å²) in [5.74, 6) is -0.235. The van der Waals surface area contributed by atoms with Gasteiger partial charge in [-0.15, -0.1) is 5.10 Å². The standard InChI is InChI=1S/C21H23ClN4O/c1-14-7-5-8-16(11-14)21(3,4)13-23-20(27)19-15(2)26(25-24-19)18-10-6-9-17(22)12-18/h5-12H,13H2,1-4H3,(H,23,27). The van der Waals surface area contributed by atoms with Gasteiger partial charge in [-0.05, 0) is 37.6 Å². The maximum atomic E-state index is 12.7. The van der Waals surface area contributed by atoms with E-state index in [1.165, 1.54) is 11.1 Å². The fourth-order valence-electron chi connectivity index (χ4n) is 2.95. The highest BCUT2D eigenvalue weighted by Crippen LogP contribution is 2.23. The molecule has 1 heterocycles. The zero-order valence-corrected chi connectivity index (χ0v) is 16.7. The van der Waals surface area contributed by atoms with Crippen LogP contribution in [0, 0.1) is 13.8 Å². The maximum absolute atomic E-state index is 12.7. The lowest BCUT2D eigenvalue weighted by Crippen LogP contribution is -2.37. The minimum atomic E-state index is -0.235. The number of nitrogens with one attached hydrogen (secondary N) is 1. The van der Waals surface area contributed by atoms with Gasteiger partial charge in [0, 0.05) is 17.0 Å². The lowest BCUT2D eigenvalue weighted by Gasteiger charge is -2.26. The molecular formula is C21H23ClN4O. The summed E-state index contributed by atoms with van der Waals surface area (Å²) in [6.45, 7) is 8.60. The first kappa shape index (κ1) is 19.1. The number of aromatic nitrogens is 3. The van der Waals surface area contributed by atoms with Crippen LogP contribution in [-0.4, -0.2) is 27.4 Å². The normalized spacial score (nSPS) is 11.4. The van der Waals surface area contributed by atoms with E-state index in [1.54, 1.807) is 16.8 Å². The number of carbonyl (C=O) groups excluding carboxylic acids is 1. The molecule has 0 atom stereocenters. The van der Waals surface area contributed by atoms with E-state index < -0.39 is 0 Å². The second-order valence-corrected chi connectivity index (χ2v) is 7.79. The van der Waals surface area contributed by atoms with Crippen LogP contribution in [0.3, 0.4) is 0 Å². The van der Waals surface area contributed by atoms with Crippen LogP contribution in [0.1, 0.15) is 41.2 Å². The summed E-state index contributed by atoms with van der Waals surface area (Å²) >= 11 is 6.04. The molecule has 0 spiro atoms. The molecule has 0 aliphatic heterocycles. The molecule has 1 aromatic heterocycles. The van der Waals surface area contributed by atoms with Crippen LogP contribution < -0.4 is 5.32 Å². The Kier molecular flexibility index (Phi) is 5.33. The summed E-state index contributed by atoms with van der Waals surface area (Å²) < 4.78 is 1.62. The summed E-state index contributed by atoms with van der Waals surface area (Å²) in [4.78, 5) is 12.7. The van der Waals surface area contributed by atoms with Crippen molar-refractivity contribution in [2.24, 2.45) is 0 Å². The molecule has 5 nitrogen and oxygen atoms in total. The van der Waals surface area contributed by atoms with E-state index in [0.29, 0.717) is 23.0 Å². The molecule has 0 aliphatic carbocycles. The predicted octanol–water partition coefficient (Wildman–Crippen LogP) is 4.25. The van der Waals surface area contributed by atoms with Gasteiger partial charge in [0.2, 0.25) is 0 Å². The van der Waals surface area contributed by atoms with Crippen molar-refractivity contribution >= 4 is 17.5 Å². The fraction of sp³-hybridized carbons (Fsp3) is 0.286. The van der Waals surface area contributed by atoms with Gasteiger partial charge in [0.15, 0.2) is 5.69 Å². The van der Waals surface area contributed by atoms with E-state index in [2.05, 4.69) is 54.6 Å². The minimum absolute atomic E-state index is 0.196. The Morgan fingerprint density at radius 2 is 1.89 bits per heavy atom. The molecule has 0 saturated carbocycles. The lowest BCUT2D eigenvalue weighted by molar-refractivity contribution is 0.0940. The summed E-state index contributed by atoms with van der Waals surface area (Å²) in [6, 6.07) is 15.6. The first-order valence-corrected chi connectivity index (χ1v) is 9.19. The van der Waals surface area contributed by atoms with Crippen LogP contribution in [0.4, 0.5) is 0 Å². The summed E-state index contributed by atoms with van der Waals surface area (Å²) in [7, 11) is 0. The summed E-state index contributed by atoms with van der Waals surface area (Å²) in [5, 5.41) is 11.8. The molecule has 0 aliphatic rings. The van der Waals surface area contributed by atoms with E-state index in [-0.39, 0.29) is 11.3 Å². The molecule has 27 heavy (non-hydrogen) atoms. The fourth-order valence-corrected chi connectivity index (χ4v) is 3.13. The van der Waals surface area contributed by atoms with E-state index in [4.69, 9.17) is 11.6 Å². The van der Waals surface area contributed by atoms with Crippen molar-refractivity contribution in [1.29, 1.82) is 0 Å². The summed E-state index contributed by atoms with van der Waals surface area (Å²) in [5.41, 5.74) is 3.94. The number of rotatable bonds is 5. The molecule has 0 bridgehead atoms. The van der Waals surface area contributed by atoms with Crippen molar-refractivity contribution in [2.75, 3.05) is 6.54 Å². The van der Waals surface area contributed by atoms with Crippen molar-refractivity contribution in [3.63, 3.8) is 0 Å². The minimum Gasteiger partial charge on any atom is -0.350 e. The Hall–Kier alpha value is -2.66. The molecule has 2 aromatic carbocycles. The number of aryl methyl sites for hydroxylation is 1. The average Bonchev–Trinajstić information content (AvgIpc) is 3.01. The quantitative estimate of drug-likeness (QED) is 0.717. The van der Waals surface area contributed by atoms with Gasteiger partial charge in [0.05, 0.1) is 11.4 Å². The third kappa shape index (κ3) is 4.19. The van der Waals surface area contributed by atoms with Gasteiger partial charge in [-0.3, -0.25) is 4.79 Å². The molecule has 140 valence electrons. The van der Waals surface area contributed by atoms with Crippen molar-refractivity contribution in [2.45, 2.75) is 33.1 Å². The maximum Gasteiger partial charge on any atom is 0.273 e. The Bertz CT molecular complexity index is 978. The first-order valence-electron chi connectivity index (χ1n) is 8.81. The third-order valence-electron chi connectivity index (χ3n) is 4.65. The number of halogens is 1. The number of benzene rings is 2. The van der Waals surface area contributed by atoms with Gasteiger partial charge in [0.1, 0.15) is 0 Å². The second-order valence-electron chi connectivity index (χ2n) is 7.35. The Morgan fingerprint density at radius 3 is 2.59 bits per heavy atom. The van der Waals surface area contributed by atoms with Crippen molar-refractivity contribution < 1.29 is 4.79 Å². The second kappa shape index (κ2) is 7.53. The van der Waals surface area contributed by atoms with Crippen LogP contribution in [0.15, 0.2) is 48.5 Å². The van der Waals surface area contributed by atoms with E-state index >= 15 is 0 Å². The molecule has 0 fully saturated rings. The SMILES string of the molecule is Cc1cccc(C(C)(C)CNC(=O)c2nnn(-c3cccc(Cl)c3)c2C)c1. The Morgan fingerprint density at radius 1 is 1.15 bits per heavy atom. The average molecular weight is 383 g/mol. The molecule has 1 N–H and O–H groups in total. The van der Waals surface area contributed by atoms with Gasteiger partial charge in [-0.2, -0.15) is 0 Å². The van der Waals surface area contributed by atoms with Crippen LogP contribution >= 0.6 is 11.6 Å². The van der Waals surface area contributed by atoms with Gasteiger partial charge in [-0.1, -0.05) is 66.6 Å². The number of amides is 1. The molecule has 3 rings (SSSR count). The van der Waals surface area contributed by atoms with Crippen LogP contribution in [0.2, 0.25) is 5.02 Å². The lowest BCUT2D eigenvalue weighted by atomic mass is 9.84. The van der Waals surface area contributed by atoms with Crippen molar-refractivity contribution in [3.05, 3.63) is 76.1 Å². The van der Waals surface area contributed by atoms with Gasteiger partial charge in [0.25, 0.3) is 5.91 Å². The van der Waals surface area contributed by atoms with E-state index in [1.807, 2.05) is 25.1 Å². The van der Waals surface area contributed by atoms with E-state index in [9.17, 15) is 4.79 Å². The largest absolute Gasteiger partial charge is 0.350 e. The highest BCUT2D eigenvalue weighted by Gasteiger charge is 2.24. The van der Waals surface area contributed by atoms with E-state index in [0.717, 1.165) is 5.69 Å². The topological polar surface area (TPSA) is 59.8 Å². The Balaban J connectivity index is 1.75. The number of hydrogen-bond acceptors (Lipinski definition) is 3. The monoisotopic (exact) mass is 382 g/mol. The number of nitrogens with zero attached hydrogens (tertiary/aromatic N) is 3. The zero-order chi connectivity index (χ0) is 19.6. The van der Waals surface area contributed by atoms with Gasteiger partial charge in [-0.25, -0.2) is 4.68 Å². The van der Waals surface area contributed by atoms with Crippen LogP contribution in [0.25, 0.3) is 5.69 Å². The third-order valence-corrected chi connectivity index (χ3v) is 4.89. The van der Waals surface area contributed by atoms with Gasteiger partial charge >= 0.3 is 0 Å². The zero-order valence-electron chi connectivity index (χ0n) is 16.0. The molecule has 3 aromatic rings. The number of hydrogen-bond donors (Lipinski definition) is 1. The predicted molar refractivity (Wildman–Crippen MR) is 108 cm³/mol. The summed E-state index contributed by atoms with van der Waals surface area (Å²) in [6.07, 6.45) is 0.